The molecule has 0 spiro atoms. The maximum Gasteiger partial charge on any atom is 0.161 e. The Labute approximate surface area is 93.7 Å². The Morgan fingerprint density at radius 2 is 2.19 bits per heavy atom. The summed E-state index contributed by atoms with van der Waals surface area (Å²) in [5.41, 5.74) is 2.16. The number of hydrogen-bond donors (Lipinski definition) is 1. The highest BCUT2D eigenvalue weighted by Crippen LogP contribution is 2.44. The van der Waals surface area contributed by atoms with Gasteiger partial charge >= 0.3 is 0 Å². The van der Waals surface area contributed by atoms with Gasteiger partial charge in [0.2, 0.25) is 0 Å². The number of rotatable bonds is 2. The minimum Gasteiger partial charge on any atom is -0.504 e. The quantitative estimate of drug-likeness (QED) is 0.837. The third-order valence-electron chi connectivity index (χ3n) is 3.09. The van der Waals surface area contributed by atoms with Crippen LogP contribution in [0.4, 0.5) is 0 Å². The van der Waals surface area contributed by atoms with Crippen molar-refractivity contribution in [1.82, 2.24) is 4.98 Å². The van der Waals surface area contributed by atoms with Gasteiger partial charge in [-0.15, -0.1) is 0 Å². The van der Waals surface area contributed by atoms with Gasteiger partial charge in [0.1, 0.15) is 0 Å². The lowest BCUT2D eigenvalue weighted by Gasteiger charge is -2.08. The van der Waals surface area contributed by atoms with Crippen LogP contribution in [0, 0.1) is 0 Å². The molecule has 0 radical (unpaired) electrons. The molecule has 3 heteroatoms. The summed E-state index contributed by atoms with van der Waals surface area (Å²) in [6, 6.07) is 5.61. The number of methoxy groups -OCH3 is 1. The van der Waals surface area contributed by atoms with Crippen LogP contribution in [0.25, 0.3) is 10.9 Å². The number of benzene rings is 1. The van der Waals surface area contributed by atoms with Crippen molar-refractivity contribution in [3.05, 3.63) is 30.0 Å². The van der Waals surface area contributed by atoms with Crippen LogP contribution in [0.5, 0.6) is 11.5 Å². The van der Waals surface area contributed by atoms with Gasteiger partial charge in [-0.2, -0.15) is 0 Å². The van der Waals surface area contributed by atoms with Gasteiger partial charge in [-0.1, -0.05) is 0 Å². The Morgan fingerprint density at radius 1 is 1.38 bits per heavy atom. The fourth-order valence-corrected chi connectivity index (χ4v) is 2.10. The van der Waals surface area contributed by atoms with Crippen LogP contribution in [-0.2, 0) is 0 Å². The minimum atomic E-state index is 0.149. The highest BCUT2D eigenvalue weighted by molar-refractivity contribution is 5.86. The number of fused-ring (bicyclic) bond motifs is 1. The Balaban J connectivity index is 2.28. The SMILES string of the molecule is COc1cc2c(C3CC3)ccnc2cc1O. The number of phenols is 1. The van der Waals surface area contributed by atoms with E-state index in [4.69, 9.17) is 4.74 Å². The first-order chi connectivity index (χ1) is 7.79. The monoisotopic (exact) mass is 215 g/mol. The van der Waals surface area contributed by atoms with Gasteiger partial charge in [0.05, 0.1) is 12.6 Å². The number of phenolic OH excluding ortho intramolecular Hbond substituents is 1. The van der Waals surface area contributed by atoms with Crippen LogP contribution in [0.3, 0.4) is 0 Å². The molecule has 0 unspecified atom stereocenters. The zero-order chi connectivity index (χ0) is 11.1. The molecular formula is C13H13NO2. The van der Waals surface area contributed by atoms with Crippen molar-refractivity contribution in [3.63, 3.8) is 0 Å². The van der Waals surface area contributed by atoms with E-state index in [0.29, 0.717) is 11.7 Å². The first kappa shape index (κ1) is 9.46. The van der Waals surface area contributed by atoms with Crippen LogP contribution < -0.4 is 4.74 Å². The van der Waals surface area contributed by atoms with E-state index in [0.717, 1.165) is 10.9 Å². The summed E-state index contributed by atoms with van der Waals surface area (Å²) >= 11 is 0. The molecule has 3 rings (SSSR count). The second kappa shape index (κ2) is 3.37. The molecule has 0 atom stereocenters. The van der Waals surface area contributed by atoms with E-state index in [1.807, 2.05) is 12.3 Å². The molecule has 0 aliphatic heterocycles. The number of hydrogen-bond acceptors (Lipinski definition) is 3. The normalized spacial score (nSPS) is 15.3. The van der Waals surface area contributed by atoms with E-state index >= 15 is 0 Å². The van der Waals surface area contributed by atoms with Crippen molar-refractivity contribution in [2.75, 3.05) is 7.11 Å². The maximum absolute atomic E-state index is 9.69. The standard InChI is InChI=1S/C13H13NO2/c1-16-13-6-10-9(8-2-3-8)4-5-14-11(10)7-12(13)15/h4-8,15H,2-3H2,1H3. The summed E-state index contributed by atoms with van der Waals surface area (Å²) in [6.45, 7) is 0. The lowest BCUT2D eigenvalue weighted by molar-refractivity contribution is 0.374. The molecule has 1 aliphatic carbocycles. The molecule has 1 saturated carbocycles. The fourth-order valence-electron chi connectivity index (χ4n) is 2.10. The second-order valence-electron chi connectivity index (χ2n) is 4.22. The summed E-state index contributed by atoms with van der Waals surface area (Å²) in [6.07, 6.45) is 4.31. The van der Waals surface area contributed by atoms with Gasteiger partial charge in [0, 0.05) is 17.6 Å². The predicted molar refractivity (Wildman–Crippen MR) is 61.9 cm³/mol. The van der Waals surface area contributed by atoms with E-state index in [2.05, 4.69) is 11.1 Å². The van der Waals surface area contributed by atoms with Gasteiger partial charge in [-0.25, -0.2) is 0 Å². The summed E-state index contributed by atoms with van der Waals surface area (Å²) in [5, 5.41) is 10.8. The topological polar surface area (TPSA) is 42.4 Å². The smallest absolute Gasteiger partial charge is 0.161 e. The highest BCUT2D eigenvalue weighted by Gasteiger charge is 2.25. The van der Waals surface area contributed by atoms with Crippen molar-refractivity contribution in [3.8, 4) is 11.5 Å². The van der Waals surface area contributed by atoms with Crippen molar-refractivity contribution >= 4 is 10.9 Å². The molecule has 2 aromatic rings. The van der Waals surface area contributed by atoms with E-state index in [1.165, 1.54) is 18.4 Å². The summed E-state index contributed by atoms with van der Waals surface area (Å²) in [7, 11) is 1.56. The zero-order valence-corrected chi connectivity index (χ0v) is 9.10. The molecule has 16 heavy (non-hydrogen) atoms. The molecule has 1 aromatic carbocycles. The number of ether oxygens (including phenoxy) is 1. The fraction of sp³-hybridized carbons (Fsp3) is 0.308. The molecule has 1 fully saturated rings. The molecule has 3 nitrogen and oxygen atoms in total. The summed E-state index contributed by atoms with van der Waals surface area (Å²) in [4.78, 5) is 4.27. The Hall–Kier alpha value is -1.77. The summed E-state index contributed by atoms with van der Waals surface area (Å²) < 4.78 is 5.13. The predicted octanol–water partition coefficient (Wildman–Crippen LogP) is 2.83. The molecular weight excluding hydrogens is 202 g/mol. The minimum absolute atomic E-state index is 0.149. The van der Waals surface area contributed by atoms with Crippen molar-refractivity contribution in [2.24, 2.45) is 0 Å². The van der Waals surface area contributed by atoms with Gasteiger partial charge in [0.15, 0.2) is 11.5 Å². The Morgan fingerprint density at radius 3 is 2.88 bits per heavy atom. The van der Waals surface area contributed by atoms with Gasteiger partial charge in [-0.3, -0.25) is 4.98 Å². The lowest BCUT2D eigenvalue weighted by Crippen LogP contribution is -1.89. The Kier molecular flexibility index (Phi) is 1.99. The Bertz CT molecular complexity index is 547. The van der Waals surface area contributed by atoms with E-state index in [1.54, 1.807) is 13.2 Å². The average Bonchev–Trinajstić information content (AvgIpc) is 3.11. The molecule has 0 bridgehead atoms. The number of aromatic nitrogens is 1. The second-order valence-corrected chi connectivity index (χ2v) is 4.22. The molecule has 1 aliphatic rings. The molecule has 1 aromatic heterocycles. The van der Waals surface area contributed by atoms with E-state index in [-0.39, 0.29) is 5.75 Å². The molecule has 0 saturated heterocycles. The van der Waals surface area contributed by atoms with Crippen LogP contribution in [0.1, 0.15) is 24.3 Å². The number of pyridine rings is 1. The van der Waals surface area contributed by atoms with Crippen LogP contribution in [-0.4, -0.2) is 17.2 Å². The van der Waals surface area contributed by atoms with Crippen LogP contribution in [0.2, 0.25) is 0 Å². The maximum atomic E-state index is 9.69. The third kappa shape index (κ3) is 1.40. The number of aromatic hydroxyl groups is 1. The third-order valence-corrected chi connectivity index (χ3v) is 3.09. The van der Waals surface area contributed by atoms with Crippen molar-refractivity contribution in [2.45, 2.75) is 18.8 Å². The van der Waals surface area contributed by atoms with Crippen LogP contribution >= 0.6 is 0 Å². The first-order valence-corrected chi connectivity index (χ1v) is 5.45. The first-order valence-electron chi connectivity index (χ1n) is 5.45. The number of nitrogens with zero attached hydrogens (tertiary/aromatic N) is 1. The van der Waals surface area contributed by atoms with Crippen LogP contribution in [0.15, 0.2) is 24.4 Å². The van der Waals surface area contributed by atoms with Crippen molar-refractivity contribution < 1.29 is 9.84 Å². The zero-order valence-electron chi connectivity index (χ0n) is 9.10. The van der Waals surface area contributed by atoms with E-state index < -0.39 is 0 Å². The van der Waals surface area contributed by atoms with Crippen molar-refractivity contribution in [1.29, 1.82) is 0 Å². The molecule has 0 amide bonds. The van der Waals surface area contributed by atoms with Gasteiger partial charge < -0.3 is 9.84 Å². The summed E-state index contributed by atoms with van der Waals surface area (Å²) in [5.74, 6) is 1.33. The molecule has 82 valence electrons. The molecule has 1 heterocycles. The van der Waals surface area contributed by atoms with Gasteiger partial charge in [-0.05, 0) is 36.5 Å². The highest BCUT2D eigenvalue weighted by atomic mass is 16.5. The lowest BCUT2D eigenvalue weighted by atomic mass is 10.0. The molecule has 1 N–H and O–H groups in total. The average molecular weight is 215 g/mol. The van der Waals surface area contributed by atoms with Gasteiger partial charge in [0.25, 0.3) is 0 Å². The largest absolute Gasteiger partial charge is 0.504 e. The van der Waals surface area contributed by atoms with E-state index in [9.17, 15) is 5.11 Å².